The van der Waals surface area contributed by atoms with E-state index in [2.05, 4.69) is 35.5 Å². The number of ether oxygens (including phenoxy) is 2. The van der Waals surface area contributed by atoms with Gasteiger partial charge in [0.1, 0.15) is 18.1 Å². The summed E-state index contributed by atoms with van der Waals surface area (Å²) >= 11 is 0. The second kappa shape index (κ2) is 10.5. The van der Waals surface area contributed by atoms with E-state index in [-0.39, 0.29) is 17.9 Å². The van der Waals surface area contributed by atoms with Gasteiger partial charge in [-0.2, -0.15) is 5.26 Å². The van der Waals surface area contributed by atoms with E-state index in [1.807, 2.05) is 12.1 Å². The number of nitrogens with zero attached hydrogens (tertiary/aromatic N) is 2. The molecule has 0 aromatic heterocycles. The molecule has 3 aliphatic rings. The third kappa shape index (κ3) is 5.67. The summed E-state index contributed by atoms with van der Waals surface area (Å²) in [4.78, 5) is 2.30. The van der Waals surface area contributed by atoms with E-state index in [0.29, 0.717) is 5.92 Å². The summed E-state index contributed by atoms with van der Waals surface area (Å²) in [5.74, 6) is 0.627. The average Bonchev–Trinajstić information content (AvgIpc) is 3.68. The molecule has 6 heteroatoms. The summed E-state index contributed by atoms with van der Waals surface area (Å²) in [7, 11) is 2.13. The number of hydrogen-bond acceptors (Lipinski definition) is 5. The minimum absolute atomic E-state index is 0.0788. The molecule has 3 fully saturated rings. The Labute approximate surface area is 201 Å². The van der Waals surface area contributed by atoms with Gasteiger partial charge in [-0.05, 0) is 85.4 Å². The molecule has 3 unspecified atom stereocenters. The molecule has 180 valence electrons. The molecule has 0 spiro atoms. The first-order valence-electron chi connectivity index (χ1n) is 12.6. The molecule has 3 atom stereocenters. The molecule has 1 N–H and O–H groups in total. The zero-order valence-corrected chi connectivity index (χ0v) is 19.9. The standard InChI is InChI=1S/C28H34FN3O2/c1-32-10-11-33-24(17-32)12-20-4-8-25(23-7-9-28(31-16-23)34-18-19-2-3-19)26(13-20)21-5-6-22(15-30)27(29)14-21/h4-6,8,13-14,19,23-24,28,31H,2-3,7,9-12,16-18H2,1H3. The smallest absolute Gasteiger partial charge is 0.141 e. The van der Waals surface area contributed by atoms with Crippen molar-refractivity contribution in [3.63, 3.8) is 0 Å². The molecule has 2 aromatic carbocycles. The maximum Gasteiger partial charge on any atom is 0.141 e. The Bertz CT molecular complexity index is 1040. The van der Waals surface area contributed by atoms with Gasteiger partial charge in [-0.15, -0.1) is 0 Å². The number of nitrogens with one attached hydrogen (secondary N) is 1. The van der Waals surface area contributed by atoms with Gasteiger partial charge in [0.2, 0.25) is 0 Å². The van der Waals surface area contributed by atoms with Crippen LogP contribution < -0.4 is 5.32 Å². The van der Waals surface area contributed by atoms with E-state index in [4.69, 9.17) is 14.7 Å². The molecule has 2 aliphatic heterocycles. The number of benzene rings is 2. The van der Waals surface area contributed by atoms with Crippen LogP contribution in [0.5, 0.6) is 0 Å². The Kier molecular flexibility index (Phi) is 7.26. The summed E-state index contributed by atoms with van der Waals surface area (Å²) in [6.45, 7) is 4.34. The van der Waals surface area contributed by atoms with E-state index in [1.54, 1.807) is 6.07 Å². The highest BCUT2D eigenvalue weighted by atomic mass is 19.1. The summed E-state index contributed by atoms with van der Waals surface area (Å²) in [5, 5.41) is 12.7. The highest BCUT2D eigenvalue weighted by molar-refractivity contribution is 5.70. The van der Waals surface area contributed by atoms with Crippen LogP contribution in [-0.2, 0) is 15.9 Å². The van der Waals surface area contributed by atoms with Gasteiger partial charge in [0, 0.05) is 19.6 Å². The van der Waals surface area contributed by atoms with Crippen LogP contribution in [0.15, 0.2) is 36.4 Å². The molecule has 34 heavy (non-hydrogen) atoms. The Balaban J connectivity index is 1.37. The minimum Gasteiger partial charge on any atom is -0.375 e. The lowest BCUT2D eigenvalue weighted by Gasteiger charge is -2.32. The van der Waals surface area contributed by atoms with Crippen molar-refractivity contribution in [3.8, 4) is 17.2 Å². The van der Waals surface area contributed by atoms with Crippen molar-refractivity contribution in [1.29, 1.82) is 5.26 Å². The molecule has 1 aliphatic carbocycles. The van der Waals surface area contributed by atoms with E-state index < -0.39 is 5.82 Å². The third-order valence-corrected chi connectivity index (χ3v) is 7.36. The van der Waals surface area contributed by atoms with Gasteiger partial charge in [-0.3, -0.25) is 5.32 Å². The minimum atomic E-state index is -0.469. The van der Waals surface area contributed by atoms with Gasteiger partial charge in [0.25, 0.3) is 0 Å². The highest BCUT2D eigenvalue weighted by Crippen LogP contribution is 2.36. The number of morpholine rings is 1. The lowest BCUT2D eigenvalue weighted by molar-refractivity contribution is -0.0185. The fourth-order valence-corrected chi connectivity index (χ4v) is 5.14. The fraction of sp³-hybridized carbons (Fsp3) is 0.536. The molecule has 2 aromatic rings. The highest BCUT2D eigenvalue weighted by Gasteiger charge is 2.28. The predicted octanol–water partition coefficient (Wildman–Crippen LogP) is 4.46. The van der Waals surface area contributed by atoms with Crippen LogP contribution in [0.2, 0.25) is 0 Å². The largest absolute Gasteiger partial charge is 0.375 e. The number of likely N-dealkylation sites (N-methyl/N-ethyl adjacent to an activating group) is 1. The van der Waals surface area contributed by atoms with Gasteiger partial charge in [0.05, 0.1) is 24.9 Å². The predicted molar refractivity (Wildman–Crippen MR) is 130 cm³/mol. The molecular formula is C28H34FN3O2. The molecule has 2 saturated heterocycles. The molecule has 5 nitrogen and oxygen atoms in total. The van der Waals surface area contributed by atoms with Crippen LogP contribution in [0.1, 0.15) is 48.3 Å². The zero-order valence-electron chi connectivity index (χ0n) is 19.9. The first-order valence-corrected chi connectivity index (χ1v) is 12.6. The topological polar surface area (TPSA) is 57.5 Å². The molecule has 1 saturated carbocycles. The lowest BCUT2D eigenvalue weighted by Crippen LogP contribution is -2.41. The molecule has 0 radical (unpaired) electrons. The average molecular weight is 464 g/mol. The first-order chi connectivity index (χ1) is 16.6. The zero-order chi connectivity index (χ0) is 23.5. The summed E-state index contributed by atoms with van der Waals surface area (Å²) in [6, 6.07) is 13.5. The van der Waals surface area contributed by atoms with Crippen LogP contribution in [-0.4, -0.2) is 57.1 Å². The summed E-state index contributed by atoms with van der Waals surface area (Å²) in [5.41, 5.74) is 4.37. The van der Waals surface area contributed by atoms with Crippen LogP contribution >= 0.6 is 0 Å². The molecular weight excluding hydrogens is 429 g/mol. The van der Waals surface area contributed by atoms with Gasteiger partial charge in [-0.1, -0.05) is 24.3 Å². The van der Waals surface area contributed by atoms with Gasteiger partial charge in [-0.25, -0.2) is 4.39 Å². The van der Waals surface area contributed by atoms with Crippen molar-refractivity contribution < 1.29 is 13.9 Å². The number of piperidine rings is 1. The Morgan fingerprint density at radius 3 is 2.76 bits per heavy atom. The molecule has 2 heterocycles. The van der Waals surface area contributed by atoms with Gasteiger partial charge >= 0.3 is 0 Å². The second-order valence-corrected chi connectivity index (χ2v) is 10.1. The van der Waals surface area contributed by atoms with E-state index in [0.717, 1.165) is 69.2 Å². The van der Waals surface area contributed by atoms with Gasteiger partial charge < -0.3 is 14.4 Å². The van der Waals surface area contributed by atoms with Crippen LogP contribution in [0.4, 0.5) is 4.39 Å². The van der Waals surface area contributed by atoms with Crippen LogP contribution in [0, 0.1) is 23.1 Å². The number of halogens is 1. The monoisotopic (exact) mass is 463 g/mol. The summed E-state index contributed by atoms with van der Waals surface area (Å²) < 4.78 is 26.6. The maximum absolute atomic E-state index is 14.6. The normalized spacial score (nSPS) is 25.7. The fourth-order valence-electron chi connectivity index (χ4n) is 5.14. The molecule has 5 rings (SSSR count). The van der Waals surface area contributed by atoms with E-state index >= 15 is 0 Å². The first kappa shape index (κ1) is 23.4. The van der Waals surface area contributed by atoms with Crippen LogP contribution in [0.3, 0.4) is 0 Å². The van der Waals surface area contributed by atoms with Crippen molar-refractivity contribution in [2.24, 2.45) is 5.92 Å². The van der Waals surface area contributed by atoms with Crippen molar-refractivity contribution >= 4 is 0 Å². The Morgan fingerprint density at radius 2 is 2.06 bits per heavy atom. The molecule has 0 amide bonds. The van der Waals surface area contributed by atoms with Crippen molar-refractivity contribution in [1.82, 2.24) is 10.2 Å². The Morgan fingerprint density at radius 1 is 1.18 bits per heavy atom. The van der Waals surface area contributed by atoms with Crippen molar-refractivity contribution in [3.05, 3.63) is 58.9 Å². The van der Waals surface area contributed by atoms with Crippen molar-refractivity contribution in [2.75, 3.05) is 39.9 Å². The van der Waals surface area contributed by atoms with Gasteiger partial charge in [0.15, 0.2) is 0 Å². The quantitative estimate of drug-likeness (QED) is 0.657. The SMILES string of the molecule is CN1CCOC(Cc2ccc(C3CCC(OCC4CC4)NC3)c(-c3ccc(C#N)c(F)c3)c2)C1. The third-order valence-electron chi connectivity index (χ3n) is 7.36. The number of nitriles is 1. The number of rotatable bonds is 7. The molecule has 0 bridgehead atoms. The second-order valence-electron chi connectivity index (χ2n) is 10.1. The van der Waals surface area contributed by atoms with Crippen LogP contribution in [0.25, 0.3) is 11.1 Å². The summed E-state index contributed by atoms with van der Waals surface area (Å²) in [6.07, 6.45) is 5.73. The Hall–Kier alpha value is -2.30. The number of hydrogen-bond donors (Lipinski definition) is 1. The van der Waals surface area contributed by atoms with E-state index in [1.165, 1.54) is 30.0 Å². The maximum atomic E-state index is 14.6. The van der Waals surface area contributed by atoms with Crippen molar-refractivity contribution in [2.45, 2.75) is 50.4 Å². The van der Waals surface area contributed by atoms with E-state index in [9.17, 15) is 4.39 Å². The lowest BCUT2D eigenvalue weighted by atomic mass is 9.84.